The number of aliphatic hydroxyl groups is 1. The number of aromatic amines is 1. The predicted octanol–water partition coefficient (Wildman–Crippen LogP) is 4.18. The third kappa shape index (κ3) is 7.12. The number of carboxylic acid groups (broad SMARTS) is 1. The summed E-state index contributed by atoms with van der Waals surface area (Å²) in [5.41, 5.74) is 4.53. The number of halogens is 3. The maximum atomic E-state index is 13.5. The van der Waals surface area contributed by atoms with Crippen LogP contribution in [0.2, 0.25) is 0 Å². The monoisotopic (exact) mass is 688 g/mol. The Morgan fingerprint density at radius 3 is 2.60 bits per heavy atom. The molecule has 1 saturated heterocycles. The highest BCUT2D eigenvalue weighted by molar-refractivity contribution is 7.13. The van der Waals surface area contributed by atoms with Crippen molar-refractivity contribution in [2.24, 2.45) is 11.1 Å². The fraction of sp³-hybridized carbons (Fsp3) is 0.419. The van der Waals surface area contributed by atoms with Gasteiger partial charge in [-0.2, -0.15) is 13.2 Å². The van der Waals surface area contributed by atoms with Gasteiger partial charge in [0.05, 0.1) is 12.0 Å². The van der Waals surface area contributed by atoms with E-state index in [0.717, 1.165) is 22.9 Å². The summed E-state index contributed by atoms with van der Waals surface area (Å²) in [5, 5.41) is 26.6. The van der Waals surface area contributed by atoms with Crippen LogP contribution in [0.3, 0.4) is 0 Å². The van der Waals surface area contributed by atoms with Crippen molar-refractivity contribution < 1.29 is 33.0 Å². The van der Waals surface area contributed by atoms with Crippen LogP contribution < -0.4 is 26.7 Å². The van der Waals surface area contributed by atoms with Crippen LogP contribution in [-0.2, 0) is 12.6 Å². The molecule has 1 aliphatic heterocycles. The number of fused-ring (bicyclic) bond motifs is 1. The second-order valence-corrected chi connectivity index (χ2v) is 13.1. The van der Waals surface area contributed by atoms with Gasteiger partial charge in [0.25, 0.3) is 0 Å². The normalized spacial score (nSPS) is 15.9. The van der Waals surface area contributed by atoms with Crippen LogP contribution >= 0.6 is 11.3 Å². The van der Waals surface area contributed by atoms with Crippen LogP contribution in [0.25, 0.3) is 21.6 Å². The van der Waals surface area contributed by atoms with Gasteiger partial charge < -0.3 is 31.1 Å². The third-order valence-electron chi connectivity index (χ3n) is 8.37. The second-order valence-electron chi connectivity index (χ2n) is 12.3. The molecule has 0 aromatic carbocycles. The minimum absolute atomic E-state index is 0.0250. The predicted molar refractivity (Wildman–Crippen MR) is 174 cm³/mol. The summed E-state index contributed by atoms with van der Waals surface area (Å²) in [6, 6.07) is 2.32. The standard InChI is InChI=1S/C31H35F3N8O5S/c1-4-36-29(47)40-23-8-17(27-39-22(14-48-27)31(32,33)34)15(10-37-23)9-30(2,3)21(13-43)18-7-19-24(44)20(28(45)46)11-38-25(19)41-26(18)42-6-5-16(35)12-42/h7-8,10-11,14,16,21,43H,4-6,9,12-13,35H2,1-3H3,(H,45,46)(H,38,41,44)(H2,36,37,40,47)/t16?,21-/m1/s1. The Bertz CT molecular complexity index is 1910. The Labute approximate surface area is 276 Å². The SMILES string of the molecule is CCNC(=O)Nc1cc(-c2nc(C(F)(F)F)cs2)c(CC(C)(C)[C@H](CO)c2cc3c(=O)c(C(=O)O)c[nH]c3nc2N2CCC(N)C2)cn1. The molecule has 5 rings (SSSR count). The number of hydrogen-bond donors (Lipinski definition) is 6. The van der Waals surface area contributed by atoms with Gasteiger partial charge >= 0.3 is 18.2 Å². The number of carboxylic acids is 1. The molecule has 13 nitrogen and oxygen atoms in total. The van der Waals surface area contributed by atoms with E-state index in [1.54, 1.807) is 13.0 Å². The summed E-state index contributed by atoms with van der Waals surface area (Å²) in [6.07, 6.45) is -1.29. The van der Waals surface area contributed by atoms with E-state index in [4.69, 9.17) is 10.7 Å². The Morgan fingerprint density at radius 1 is 1.25 bits per heavy atom. The summed E-state index contributed by atoms with van der Waals surface area (Å²) < 4.78 is 40.6. The number of aromatic carboxylic acids is 1. The molecule has 4 aromatic rings. The highest BCUT2D eigenvalue weighted by Crippen LogP contribution is 2.44. The molecule has 48 heavy (non-hydrogen) atoms. The Morgan fingerprint density at radius 2 is 2.00 bits per heavy atom. The van der Waals surface area contributed by atoms with E-state index in [-0.39, 0.29) is 34.3 Å². The average Bonchev–Trinajstić information content (AvgIpc) is 3.68. The largest absolute Gasteiger partial charge is 0.477 e. The molecule has 0 saturated carbocycles. The van der Waals surface area contributed by atoms with Crippen molar-refractivity contribution in [3.05, 3.63) is 62.5 Å². The number of aromatic nitrogens is 4. The van der Waals surface area contributed by atoms with Gasteiger partial charge in [-0.15, -0.1) is 11.3 Å². The zero-order valence-electron chi connectivity index (χ0n) is 26.3. The molecular weight excluding hydrogens is 653 g/mol. The fourth-order valence-corrected chi connectivity index (χ4v) is 6.80. The van der Waals surface area contributed by atoms with E-state index >= 15 is 0 Å². The van der Waals surface area contributed by atoms with Gasteiger partial charge in [0.15, 0.2) is 5.69 Å². The highest BCUT2D eigenvalue weighted by atomic mass is 32.1. The van der Waals surface area contributed by atoms with Crippen molar-refractivity contribution in [1.82, 2.24) is 25.3 Å². The van der Waals surface area contributed by atoms with Crippen LogP contribution in [0.1, 0.15) is 60.3 Å². The van der Waals surface area contributed by atoms with Gasteiger partial charge in [-0.05, 0) is 42.9 Å². The van der Waals surface area contributed by atoms with E-state index in [9.17, 15) is 37.8 Å². The first-order valence-corrected chi connectivity index (χ1v) is 16.0. The number of nitrogens with one attached hydrogen (secondary N) is 3. The van der Waals surface area contributed by atoms with Crippen molar-refractivity contribution in [2.75, 3.05) is 36.5 Å². The molecule has 0 spiro atoms. The number of rotatable bonds is 10. The van der Waals surface area contributed by atoms with Crippen LogP contribution in [0, 0.1) is 5.41 Å². The van der Waals surface area contributed by atoms with Gasteiger partial charge in [0.1, 0.15) is 27.9 Å². The first-order chi connectivity index (χ1) is 22.6. The van der Waals surface area contributed by atoms with Crippen molar-refractivity contribution in [3.8, 4) is 10.6 Å². The molecule has 7 N–H and O–H groups in total. The number of H-pyrrole nitrogens is 1. The molecule has 1 fully saturated rings. The molecule has 17 heteroatoms. The van der Waals surface area contributed by atoms with Crippen LogP contribution in [-0.4, -0.2) is 74.4 Å². The lowest BCUT2D eigenvalue weighted by molar-refractivity contribution is -0.140. The molecule has 256 valence electrons. The van der Waals surface area contributed by atoms with E-state index in [0.29, 0.717) is 48.6 Å². The molecule has 2 atom stereocenters. The summed E-state index contributed by atoms with van der Waals surface area (Å²) >= 11 is 0.793. The van der Waals surface area contributed by atoms with E-state index in [1.807, 2.05) is 18.7 Å². The fourth-order valence-electron chi connectivity index (χ4n) is 5.92. The van der Waals surface area contributed by atoms with Crippen LogP contribution in [0.15, 0.2) is 34.7 Å². The number of anilines is 2. The molecule has 2 amide bonds. The average molecular weight is 689 g/mol. The number of pyridine rings is 3. The first-order valence-electron chi connectivity index (χ1n) is 15.1. The summed E-state index contributed by atoms with van der Waals surface area (Å²) in [6.45, 7) is 6.37. The number of nitrogens with two attached hydrogens (primary N) is 1. The van der Waals surface area contributed by atoms with Gasteiger partial charge in [-0.25, -0.2) is 24.5 Å². The number of carbonyl (C=O) groups is 2. The molecule has 1 aliphatic rings. The second kappa shape index (κ2) is 13.5. The number of aliphatic hydroxyl groups excluding tert-OH is 1. The van der Waals surface area contributed by atoms with Gasteiger partial charge in [0, 0.05) is 60.5 Å². The number of urea groups is 1. The van der Waals surface area contributed by atoms with E-state index in [1.165, 1.54) is 12.3 Å². The van der Waals surface area contributed by atoms with Gasteiger partial charge in [-0.3, -0.25) is 10.1 Å². The minimum atomic E-state index is -4.67. The lowest BCUT2D eigenvalue weighted by Gasteiger charge is -2.36. The topological polar surface area (TPSA) is 199 Å². The minimum Gasteiger partial charge on any atom is -0.477 e. The molecule has 5 heterocycles. The molecule has 0 radical (unpaired) electrons. The maximum absolute atomic E-state index is 13.5. The molecule has 0 aliphatic carbocycles. The molecule has 4 aromatic heterocycles. The number of nitrogens with zero attached hydrogens (tertiary/aromatic N) is 4. The van der Waals surface area contributed by atoms with Crippen LogP contribution in [0.4, 0.5) is 29.6 Å². The van der Waals surface area contributed by atoms with Crippen molar-refractivity contribution >= 4 is 46.0 Å². The van der Waals surface area contributed by atoms with Crippen LogP contribution in [0.5, 0.6) is 0 Å². The molecule has 0 bridgehead atoms. The number of thiazole rings is 1. The number of alkyl halides is 3. The molecular formula is C31H35F3N8O5S. The van der Waals surface area contributed by atoms with E-state index < -0.39 is 52.8 Å². The summed E-state index contributed by atoms with van der Waals surface area (Å²) in [5.74, 6) is -1.55. The maximum Gasteiger partial charge on any atom is 0.434 e. The van der Waals surface area contributed by atoms with Crippen molar-refractivity contribution in [2.45, 2.75) is 51.7 Å². The quantitative estimate of drug-likeness (QED) is 0.140. The highest BCUT2D eigenvalue weighted by Gasteiger charge is 2.37. The van der Waals surface area contributed by atoms with Gasteiger partial charge in [-0.1, -0.05) is 13.8 Å². The summed E-state index contributed by atoms with van der Waals surface area (Å²) in [4.78, 5) is 54.8. The van der Waals surface area contributed by atoms with Crippen molar-refractivity contribution in [3.63, 3.8) is 0 Å². The Kier molecular flexibility index (Phi) is 9.75. The lowest BCUT2D eigenvalue weighted by atomic mass is 9.71. The van der Waals surface area contributed by atoms with Gasteiger partial charge in [0.2, 0.25) is 5.43 Å². The zero-order valence-corrected chi connectivity index (χ0v) is 27.1. The number of carbonyl (C=O) groups excluding carboxylic acids is 1. The summed E-state index contributed by atoms with van der Waals surface area (Å²) in [7, 11) is 0. The number of hydrogen-bond acceptors (Lipinski definition) is 10. The Balaban J connectivity index is 1.62. The number of amides is 2. The first kappa shape index (κ1) is 34.7. The van der Waals surface area contributed by atoms with E-state index in [2.05, 4.69) is 25.6 Å². The van der Waals surface area contributed by atoms with Crippen molar-refractivity contribution in [1.29, 1.82) is 0 Å². The zero-order chi connectivity index (χ0) is 35.0. The Hall–Kier alpha value is -4.61. The smallest absolute Gasteiger partial charge is 0.434 e. The third-order valence-corrected chi connectivity index (χ3v) is 9.24. The lowest BCUT2D eigenvalue weighted by Crippen LogP contribution is -2.33. The molecule has 1 unspecified atom stereocenters.